The van der Waals surface area contributed by atoms with E-state index in [-0.39, 0.29) is 29.2 Å². The minimum Gasteiger partial charge on any atom is -0.507 e. The van der Waals surface area contributed by atoms with Crippen molar-refractivity contribution < 1.29 is 28.9 Å². The maximum absolute atomic E-state index is 12.3. The smallest absolute Gasteiger partial charge is 0.338 e. The molecule has 2 aromatic rings. The first-order valence-corrected chi connectivity index (χ1v) is 7.21. The number of carbonyl (C=O) groups is 2. The molecule has 1 heterocycles. The van der Waals surface area contributed by atoms with Crippen LogP contribution in [-0.2, 0) is 9.47 Å². The maximum atomic E-state index is 12.3. The van der Waals surface area contributed by atoms with Crippen LogP contribution in [0.5, 0.6) is 17.2 Å². The summed E-state index contributed by atoms with van der Waals surface area (Å²) in [5, 5.41) is 12.5. The monoisotopic (exact) mass is 329 g/mol. The Labute approximate surface area is 137 Å². The number of phenols is 1. The first kappa shape index (κ1) is 15.8. The number of ether oxygens (including phenoxy) is 3. The predicted molar refractivity (Wildman–Crippen MR) is 84.7 cm³/mol. The Bertz CT molecular complexity index is 802. The van der Waals surface area contributed by atoms with Crippen LogP contribution in [0.3, 0.4) is 0 Å². The normalized spacial score (nSPS) is 12.3. The molecular formula is C17H15NO6. The number of fused-ring (bicyclic) bond motifs is 2. The average Bonchev–Trinajstić information content (AvgIpc) is 2.70. The molecule has 7 heteroatoms. The molecule has 1 aliphatic rings. The zero-order chi connectivity index (χ0) is 17.1. The van der Waals surface area contributed by atoms with Crippen LogP contribution >= 0.6 is 0 Å². The number of methoxy groups -OCH3 is 1. The number of aromatic hydroxyl groups is 1. The molecule has 1 amide bonds. The molecule has 0 spiro atoms. The molecule has 0 aromatic heterocycles. The summed E-state index contributed by atoms with van der Waals surface area (Å²) >= 11 is 0. The lowest BCUT2D eigenvalue weighted by Gasteiger charge is -2.09. The van der Waals surface area contributed by atoms with Gasteiger partial charge in [0.15, 0.2) is 5.75 Å². The van der Waals surface area contributed by atoms with Crippen LogP contribution in [0.1, 0.15) is 20.7 Å². The standard InChI is InChI=1S/C17H15NO6/c1-22-7-8-23-17(21)10-5-6-13-11(9-10)18-16(20)15-12(19)3-2-4-14(15)24-13/h2-6,9,19H,7-8H2,1H3,(H,18,20). The van der Waals surface area contributed by atoms with Gasteiger partial charge in [-0.3, -0.25) is 4.79 Å². The fourth-order valence-corrected chi connectivity index (χ4v) is 2.28. The van der Waals surface area contributed by atoms with Crippen molar-refractivity contribution in [2.75, 3.05) is 25.6 Å². The van der Waals surface area contributed by atoms with Crippen molar-refractivity contribution >= 4 is 17.6 Å². The van der Waals surface area contributed by atoms with Crippen molar-refractivity contribution in [3.63, 3.8) is 0 Å². The SMILES string of the molecule is COCCOC(=O)c1ccc2c(c1)NC(=O)c1c(O)cccc1O2. The van der Waals surface area contributed by atoms with E-state index < -0.39 is 11.9 Å². The molecule has 0 fully saturated rings. The Morgan fingerprint density at radius 2 is 2.04 bits per heavy atom. The van der Waals surface area contributed by atoms with Gasteiger partial charge >= 0.3 is 5.97 Å². The van der Waals surface area contributed by atoms with Gasteiger partial charge in [0.05, 0.1) is 17.9 Å². The molecule has 124 valence electrons. The number of esters is 1. The zero-order valence-corrected chi connectivity index (χ0v) is 12.9. The Morgan fingerprint density at radius 3 is 2.83 bits per heavy atom. The van der Waals surface area contributed by atoms with Crippen LogP contribution in [0.15, 0.2) is 36.4 Å². The Morgan fingerprint density at radius 1 is 1.21 bits per heavy atom. The second-order valence-corrected chi connectivity index (χ2v) is 5.05. The van der Waals surface area contributed by atoms with E-state index in [4.69, 9.17) is 14.2 Å². The maximum Gasteiger partial charge on any atom is 0.338 e. The molecule has 0 aliphatic carbocycles. The second-order valence-electron chi connectivity index (χ2n) is 5.05. The Balaban J connectivity index is 1.89. The van der Waals surface area contributed by atoms with Crippen molar-refractivity contribution in [3.8, 4) is 17.2 Å². The van der Waals surface area contributed by atoms with Crippen LogP contribution in [-0.4, -0.2) is 37.3 Å². The van der Waals surface area contributed by atoms with Crippen LogP contribution in [0.25, 0.3) is 0 Å². The number of anilines is 1. The Kier molecular flexibility index (Phi) is 4.35. The molecule has 3 rings (SSSR count). The highest BCUT2D eigenvalue weighted by Gasteiger charge is 2.24. The quantitative estimate of drug-likeness (QED) is 0.661. The molecule has 1 aliphatic heterocycles. The summed E-state index contributed by atoms with van der Waals surface area (Å²) in [5.74, 6) is -0.639. The van der Waals surface area contributed by atoms with E-state index in [2.05, 4.69) is 5.32 Å². The molecule has 0 atom stereocenters. The average molecular weight is 329 g/mol. The third-order valence-electron chi connectivity index (χ3n) is 3.44. The number of nitrogens with one attached hydrogen (secondary N) is 1. The molecule has 2 N–H and O–H groups in total. The van der Waals surface area contributed by atoms with E-state index in [9.17, 15) is 14.7 Å². The van der Waals surface area contributed by atoms with Gasteiger partial charge < -0.3 is 24.6 Å². The molecule has 0 unspecified atom stereocenters. The molecule has 24 heavy (non-hydrogen) atoms. The molecule has 2 aromatic carbocycles. The fourth-order valence-electron chi connectivity index (χ4n) is 2.28. The largest absolute Gasteiger partial charge is 0.507 e. The lowest BCUT2D eigenvalue weighted by Crippen LogP contribution is -2.12. The van der Waals surface area contributed by atoms with Gasteiger partial charge in [-0.15, -0.1) is 0 Å². The summed E-state index contributed by atoms with van der Waals surface area (Å²) < 4.78 is 15.5. The first-order chi connectivity index (χ1) is 11.6. The predicted octanol–water partition coefficient (Wildman–Crippen LogP) is 2.55. The van der Waals surface area contributed by atoms with Gasteiger partial charge in [0, 0.05) is 7.11 Å². The third-order valence-corrected chi connectivity index (χ3v) is 3.44. The van der Waals surface area contributed by atoms with E-state index in [0.29, 0.717) is 18.0 Å². The van der Waals surface area contributed by atoms with E-state index >= 15 is 0 Å². The second kappa shape index (κ2) is 6.59. The first-order valence-electron chi connectivity index (χ1n) is 7.21. The van der Waals surface area contributed by atoms with E-state index in [1.54, 1.807) is 18.2 Å². The molecule has 0 saturated carbocycles. The van der Waals surface area contributed by atoms with E-state index in [1.165, 1.54) is 25.3 Å². The van der Waals surface area contributed by atoms with E-state index in [0.717, 1.165) is 0 Å². The van der Waals surface area contributed by atoms with Crippen molar-refractivity contribution in [2.24, 2.45) is 0 Å². The van der Waals surface area contributed by atoms with Crippen LogP contribution in [0.4, 0.5) is 5.69 Å². The molecule has 7 nitrogen and oxygen atoms in total. The topological polar surface area (TPSA) is 94.1 Å². The number of hydrogen-bond acceptors (Lipinski definition) is 6. The summed E-state index contributed by atoms with van der Waals surface area (Å²) in [6, 6.07) is 9.11. The molecule has 0 radical (unpaired) electrons. The highest BCUT2D eigenvalue weighted by molar-refractivity contribution is 6.10. The van der Waals surface area contributed by atoms with Gasteiger partial charge in [0.25, 0.3) is 5.91 Å². The van der Waals surface area contributed by atoms with Gasteiger partial charge in [-0.05, 0) is 30.3 Å². The van der Waals surface area contributed by atoms with Crippen LogP contribution < -0.4 is 10.1 Å². The number of rotatable bonds is 4. The zero-order valence-electron chi connectivity index (χ0n) is 12.9. The van der Waals surface area contributed by atoms with Crippen LogP contribution in [0, 0.1) is 0 Å². The highest BCUT2D eigenvalue weighted by Crippen LogP contribution is 2.39. The summed E-state index contributed by atoms with van der Waals surface area (Å²) in [4.78, 5) is 24.3. The van der Waals surface area contributed by atoms with Gasteiger partial charge in [-0.1, -0.05) is 6.07 Å². The lowest BCUT2D eigenvalue weighted by atomic mass is 10.1. The van der Waals surface area contributed by atoms with Gasteiger partial charge in [0.2, 0.25) is 0 Å². The summed E-state index contributed by atoms with van der Waals surface area (Å²) in [5.41, 5.74) is 0.624. The van der Waals surface area contributed by atoms with Crippen molar-refractivity contribution in [2.45, 2.75) is 0 Å². The Hall–Kier alpha value is -3.06. The fraction of sp³-hybridized carbons (Fsp3) is 0.176. The molecular weight excluding hydrogens is 314 g/mol. The number of carbonyl (C=O) groups excluding carboxylic acids is 2. The summed E-state index contributed by atoms with van der Waals surface area (Å²) in [6.45, 7) is 0.430. The summed E-state index contributed by atoms with van der Waals surface area (Å²) in [6.07, 6.45) is 0. The van der Waals surface area contributed by atoms with Gasteiger partial charge in [0.1, 0.15) is 23.7 Å². The van der Waals surface area contributed by atoms with Crippen molar-refractivity contribution in [1.82, 2.24) is 0 Å². The number of phenolic OH excluding ortho intramolecular Hbond substituents is 1. The third kappa shape index (κ3) is 3.02. The minimum absolute atomic E-state index is 0.0397. The van der Waals surface area contributed by atoms with Gasteiger partial charge in [-0.25, -0.2) is 4.79 Å². The lowest BCUT2D eigenvalue weighted by molar-refractivity contribution is 0.0388. The highest BCUT2D eigenvalue weighted by atomic mass is 16.6. The van der Waals surface area contributed by atoms with Crippen molar-refractivity contribution in [3.05, 3.63) is 47.5 Å². The molecule has 0 saturated heterocycles. The number of amides is 1. The van der Waals surface area contributed by atoms with Gasteiger partial charge in [-0.2, -0.15) is 0 Å². The molecule has 0 bridgehead atoms. The number of benzene rings is 2. The van der Waals surface area contributed by atoms with Crippen molar-refractivity contribution in [1.29, 1.82) is 0 Å². The number of hydrogen-bond donors (Lipinski definition) is 2. The van der Waals surface area contributed by atoms with Crippen LogP contribution in [0.2, 0.25) is 0 Å². The minimum atomic E-state index is -0.534. The summed E-state index contributed by atoms with van der Waals surface area (Å²) in [7, 11) is 1.51. The van der Waals surface area contributed by atoms with E-state index in [1.807, 2.05) is 0 Å².